The van der Waals surface area contributed by atoms with E-state index in [1.54, 1.807) is 23.1 Å². The molecular weight excluding hydrogens is 359 g/mol. The lowest BCUT2D eigenvalue weighted by Crippen LogP contribution is -2.51. The molecule has 0 fully saturated rings. The second-order valence-corrected chi connectivity index (χ2v) is 7.19. The molecular formula is C21H27FN4O2. The average molecular weight is 386 g/mol. The van der Waals surface area contributed by atoms with Crippen molar-refractivity contribution >= 4 is 11.9 Å². The Morgan fingerprint density at radius 1 is 1.21 bits per heavy atom. The van der Waals surface area contributed by atoms with Gasteiger partial charge in [-0.05, 0) is 39.0 Å². The molecule has 1 unspecified atom stereocenters. The van der Waals surface area contributed by atoms with Gasteiger partial charge in [0, 0.05) is 43.1 Å². The van der Waals surface area contributed by atoms with Crippen molar-refractivity contribution < 1.29 is 14.0 Å². The van der Waals surface area contributed by atoms with E-state index in [4.69, 9.17) is 0 Å². The number of amides is 3. The summed E-state index contributed by atoms with van der Waals surface area (Å²) in [5, 5.41) is 2.75. The normalized spacial score (nSPS) is 16.0. The molecule has 0 aliphatic carbocycles. The molecule has 3 amide bonds. The van der Waals surface area contributed by atoms with E-state index in [1.807, 2.05) is 43.7 Å². The molecule has 2 aromatic rings. The van der Waals surface area contributed by atoms with Crippen LogP contribution < -0.4 is 5.32 Å². The Bertz CT molecular complexity index is 848. The van der Waals surface area contributed by atoms with E-state index >= 15 is 0 Å². The highest BCUT2D eigenvalue weighted by molar-refractivity contribution is 5.85. The molecule has 1 aliphatic heterocycles. The van der Waals surface area contributed by atoms with Gasteiger partial charge >= 0.3 is 6.03 Å². The molecule has 1 aromatic carbocycles. The number of fused-ring (bicyclic) bond motifs is 1. The lowest BCUT2D eigenvalue weighted by Gasteiger charge is -2.39. The molecule has 1 aromatic heterocycles. The van der Waals surface area contributed by atoms with E-state index in [1.165, 1.54) is 11.0 Å². The van der Waals surface area contributed by atoms with E-state index in [2.05, 4.69) is 5.32 Å². The molecule has 0 spiro atoms. The molecule has 2 heterocycles. The van der Waals surface area contributed by atoms with Crippen LogP contribution >= 0.6 is 0 Å². The van der Waals surface area contributed by atoms with Crippen LogP contribution in [-0.2, 0) is 11.3 Å². The van der Waals surface area contributed by atoms with Gasteiger partial charge in [-0.2, -0.15) is 0 Å². The first kappa shape index (κ1) is 19.9. The molecule has 28 heavy (non-hydrogen) atoms. The predicted octanol–water partition coefficient (Wildman–Crippen LogP) is 3.00. The van der Waals surface area contributed by atoms with Gasteiger partial charge in [0.1, 0.15) is 18.4 Å². The van der Waals surface area contributed by atoms with Crippen LogP contribution in [0.25, 0.3) is 0 Å². The van der Waals surface area contributed by atoms with E-state index < -0.39 is 6.04 Å². The second-order valence-electron chi connectivity index (χ2n) is 7.19. The number of carbonyl (C=O) groups is 2. The van der Waals surface area contributed by atoms with Crippen LogP contribution in [-0.4, -0.2) is 52.0 Å². The number of nitrogens with one attached hydrogen (secondary N) is 1. The van der Waals surface area contributed by atoms with Gasteiger partial charge in [0.2, 0.25) is 5.91 Å². The molecule has 150 valence electrons. The number of hydrogen-bond acceptors (Lipinski definition) is 2. The van der Waals surface area contributed by atoms with Crippen LogP contribution in [0, 0.1) is 5.82 Å². The van der Waals surface area contributed by atoms with E-state index in [-0.39, 0.29) is 30.3 Å². The van der Waals surface area contributed by atoms with Crippen LogP contribution in [0.5, 0.6) is 0 Å². The Labute approximate surface area is 164 Å². The molecule has 0 saturated carbocycles. The summed E-state index contributed by atoms with van der Waals surface area (Å²) in [7, 11) is 0. The summed E-state index contributed by atoms with van der Waals surface area (Å²) in [5.41, 5.74) is 1.34. The quantitative estimate of drug-likeness (QED) is 0.859. The predicted molar refractivity (Wildman–Crippen MR) is 105 cm³/mol. The summed E-state index contributed by atoms with van der Waals surface area (Å²) in [6, 6.07) is 9.46. The Hall–Kier alpha value is -2.83. The highest BCUT2D eigenvalue weighted by Gasteiger charge is 2.35. The third-order valence-corrected chi connectivity index (χ3v) is 5.08. The van der Waals surface area contributed by atoms with Gasteiger partial charge < -0.3 is 19.7 Å². The van der Waals surface area contributed by atoms with Crippen molar-refractivity contribution in [2.24, 2.45) is 0 Å². The summed E-state index contributed by atoms with van der Waals surface area (Å²) in [4.78, 5) is 28.8. The second kappa shape index (κ2) is 8.46. The minimum atomic E-state index is -0.513. The molecule has 0 radical (unpaired) electrons. The van der Waals surface area contributed by atoms with Crippen molar-refractivity contribution in [3.8, 4) is 0 Å². The summed E-state index contributed by atoms with van der Waals surface area (Å²) < 4.78 is 16.7. The van der Waals surface area contributed by atoms with Gasteiger partial charge in [0.15, 0.2) is 0 Å². The average Bonchev–Trinajstić information content (AvgIpc) is 3.14. The number of benzene rings is 1. The molecule has 0 bridgehead atoms. The van der Waals surface area contributed by atoms with E-state index in [0.29, 0.717) is 25.2 Å². The van der Waals surface area contributed by atoms with E-state index in [9.17, 15) is 14.0 Å². The smallest absolute Gasteiger partial charge is 0.318 e. The molecule has 6 nitrogen and oxygen atoms in total. The van der Waals surface area contributed by atoms with Crippen LogP contribution in [0.15, 0.2) is 42.6 Å². The first-order chi connectivity index (χ1) is 13.4. The monoisotopic (exact) mass is 386 g/mol. The standard InChI is InChI=1S/C21H27FN4O2/c1-4-23-21(28)26(15(2)3)14-19(27)25-13-12-24-11-7-10-18(24)20(25)16-8-5-6-9-17(16)22/h5-11,15,20H,4,12-14H2,1-3H3,(H,23,28). The van der Waals surface area contributed by atoms with Crippen molar-refractivity contribution in [2.45, 2.75) is 39.4 Å². The zero-order valence-corrected chi connectivity index (χ0v) is 16.6. The molecule has 1 N–H and O–H groups in total. The number of carbonyl (C=O) groups excluding carboxylic acids is 2. The zero-order chi connectivity index (χ0) is 20.3. The minimum Gasteiger partial charge on any atom is -0.348 e. The fraction of sp³-hybridized carbons (Fsp3) is 0.429. The SMILES string of the molecule is CCNC(=O)N(CC(=O)N1CCn2cccc2C1c1ccccc1F)C(C)C. The topological polar surface area (TPSA) is 57.6 Å². The molecule has 1 aliphatic rings. The number of rotatable bonds is 5. The summed E-state index contributed by atoms with van der Waals surface area (Å²) in [5.74, 6) is -0.537. The lowest BCUT2D eigenvalue weighted by molar-refractivity contribution is -0.134. The van der Waals surface area contributed by atoms with Crippen molar-refractivity contribution in [1.82, 2.24) is 19.7 Å². The van der Waals surface area contributed by atoms with Gasteiger partial charge in [-0.1, -0.05) is 18.2 Å². The highest BCUT2D eigenvalue weighted by atomic mass is 19.1. The van der Waals surface area contributed by atoms with Crippen molar-refractivity contribution in [2.75, 3.05) is 19.6 Å². The Kier molecular flexibility index (Phi) is 6.02. The lowest BCUT2D eigenvalue weighted by atomic mass is 9.99. The van der Waals surface area contributed by atoms with Crippen LogP contribution in [0.2, 0.25) is 0 Å². The van der Waals surface area contributed by atoms with E-state index in [0.717, 1.165) is 5.69 Å². The van der Waals surface area contributed by atoms with Gasteiger partial charge in [-0.25, -0.2) is 9.18 Å². The number of hydrogen-bond donors (Lipinski definition) is 1. The first-order valence-corrected chi connectivity index (χ1v) is 9.67. The Balaban J connectivity index is 1.92. The number of aromatic nitrogens is 1. The summed E-state index contributed by atoms with van der Waals surface area (Å²) >= 11 is 0. The zero-order valence-electron chi connectivity index (χ0n) is 16.6. The van der Waals surface area contributed by atoms with Crippen molar-refractivity contribution in [3.63, 3.8) is 0 Å². The maximum absolute atomic E-state index is 14.6. The fourth-order valence-corrected chi connectivity index (χ4v) is 3.65. The minimum absolute atomic E-state index is 0.0465. The third-order valence-electron chi connectivity index (χ3n) is 5.08. The third kappa shape index (κ3) is 3.88. The van der Waals surface area contributed by atoms with Gasteiger partial charge in [0.05, 0.1) is 0 Å². The van der Waals surface area contributed by atoms with Crippen molar-refractivity contribution in [1.29, 1.82) is 0 Å². The van der Waals surface area contributed by atoms with Gasteiger partial charge in [-0.15, -0.1) is 0 Å². The molecule has 0 saturated heterocycles. The van der Waals surface area contributed by atoms with Crippen molar-refractivity contribution in [3.05, 3.63) is 59.7 Å². The fourth-order valence-electron chi connectivity index (χ4n) is 3.65. The van der Waals surface area contributed by atoms with Crippen LogP contribution in [0.3, 0.4) is 0 Å². The van der Waals surface area contributed by atoms with Crippen LogP contribution in [0.1, 0.15) is 38.1 Å². The number of urea groups is 1. The Morgan fingerprint density at radius 2 is 1.96 bits per heavy atom. The number of nitrogens with zero attached hydrogens (tertiary/aromatic N) is 3. The summed E-state index contributed by atoms with van der Waals surface area (Å²) in [6.45, 7) is 7.13. The molecule has 3 rings (SSSR count). The van der Waals surface area contributed by atoms with Crippen LogP contribution in [0.4, 0.5) is 9.18 Å². The molecule has 7 heteroatoms. The summed E-state index contributed by atoms with van der Waals surface area (Å²) in [6.07, 6.45) is 1.94. The Morgan fingerprint density at radius 3 is 2.64 bits per heavy atom. The van der Waals surface area contributed by atoms with Gasteiger partial charge in [0.25, 0.3) is 0 Å². The first-order valence-electron chi connectivity index (χ1n) is 9.67. The molecule has 1 atom stereocenters. The van der Waals surface area contributed by atoms with Gasteiger partial charge in [-0.3, -0.25) is 4.79 Å². The number of halogens is 1. The maximum atomic E-state index is 14.6. The maximum Gasteiger partial charge on any atom is 0.318 e. The highest BCUT2D eigenvalue weighted by Crippen LogP contribution is 2.33. The largest absolute Gasteiger partial charge is 0.348 e.